The number of imide groups is 1. The van der Waals surface area contributed by atoms with E-state index in [1.807, 2.05) is 14.0 Å². The van der Waals surface area contributed by atoms with Gasteiger partial charge in [-0.05, 0) is 6.42 Å². The normalized spacial score (nSPS) is 19.5. The summed E-state index contributed by atoms with van der Waals surface area (Å²) in [5, 5.41) is 7.26. The third-order valence-electron chi connectivity index (χ3n) is 3.08. The molecule has 1 atom stereocenters. The number of nitrogens with zero attached hydrogens (tertiary/aromatic N) is 4. The lowest BCUT2D eigenvalue weighted by molar-refractivity contribution is -0.138. The number of amides is 2. The molecule has 104 valence electrons. The highest BCUT2D eigenvalue weighted by Crippen LogP contribution is 2.13. The van der Waals surface area contributed by atoms with Gasteiger partial charge >= 0.3 is 0 Å². The molecule has 1 saturated heterocycles. The van der Waals surface area contributed by atoms with Gasteiger partial charge in [-0.3, -0.25) is 19.2 Å². The van der Waals surface area contributed by atoms with E-state index in [0.717, 1.165) is 12.2 Å². The summed E-state index contributed by atoms with van der Waals surface area (Å²) in [7, 11) is 1.81. The van der Waals surface area contributed by atoms with Crippen LogP contribution in [0.4, 0.5) is 0 Å². The molecule has 0 aromatic carbocycles. The first kappa shape index (κ1) is 13.7. The lowest BCUT2D eigenvalue weighted by Gasteiger charge is -2.13. The molecule has 0 saturated carbocycles. The summed E-state index contributed by atoms with van der Waals surface area (Å²) in [5.41, 5.74) is 0. The van der Waals surface area contributed by atoms with Gasteiger partial charge in [0.05, 0.1) is 12.5 Å². The predicted molar refractivity (Wildman–Crippen MR) is 68.1 cm³/mol. The number of hydrogen-bond acceptors (Lipinski definition) is 5. The molecular formula is C12H19N5O2. The average Bonchev–Trinajstić information content (AvgIpc) is 2.89. The third-order valence-corrected chi connectivity index (χ3v) is 3.08. The Hall–Kier alpha value is -1.76. The zero-order valence-corrected chi connectivity index (χ0v) is 11.3. The van der Waals surface area contributed by atoms with Gasteiger partial charge in [0.15, 0.2) is 5.82 Å². The highest BCUT2D eigenvalue weighted by atomic mass is 16.2. The SMILES string of the molecule is CCCN1C(=O)CC(NCCc2ncn(C)n2)C1=O. The molecule has 0 radical (unpaired) electrons. The van der Waals surface area contributed by atoms with Gasteiger partial charge in [-0.25, -0.2) is 4.98 Å². The van der Waals surface area contributed by atoms with Crippen LogP contribution in [0.3, 0.4) is 0 Å². The monoisotopic (exact) mass is 265 g/mol. The van der Waals surface area contributed by atoms with Gasteiger partial charge in [0, 0.05) is 26.6 Å². The number of aryl methyl sites for hydroxylation is 1. The number of aromatic nitrogens is 3. The van der Waals surface area contributed by atoms with Gasteiger partial charge in [0.25, 0.3) is 0 Å². The number of likely N-dealkylation sites (tertiary alicyclic amines) is 1. The average molecular weight is 265 g/mol. The molecule has 2 amide bonds. The molecule has 1 N–H and O–H groups in total. The van der Waals surface area contributed by atoms with Crippen molar-refractivity contribution < 1.29 is 9.59 Å². The Bertz CT molecular complexity index is 470. The lowest BCUT2D eigenvalue weighted by atomic mass is 10.2. The van der Waals surface area contributed by atoms with Crippen molar-refractivity contribution in [3.05, 3.63) is 12.2 Å². The molecule has 0 spiro atoms. The summed E-state index contributed by atoms with van der Waals surface area (Å²) in [5.74, 6) is 0.540. The molecule has 2 rings (SSSR count). The number of carbonyl (C=O) groups is 2. The Morgan fingerprint density at radius 3 is 2.89 bits per heavy atom. The maximum absolute atomic E-state index is 12.0. The topological polar surface area (TPSA) is 80.1 Å². The van der Waals surface area contributed by atoms with Crippen LogP contribution in [0.25, 0.3) is 0 Å². The van der Waals surface area contributed by atoms with E-state index in [2.05, 4.69) is 15.4 Å². The molecule has 1 aliphatic rings. The maximum Gasteiger partial charge on any atom is 0.246 e. The first-order valence-corrected chi connectivity index (χ1v) is 6.54. The standard InChI is InChI=1S/C12H19N5O2/c1-3-6-17-11(18)7-9(12(17)19)13-5-4-10-14-8-16(2)15-10/h8-9,13H,3-7H2,1-2H3. The molecule has 0 aliphatic carbocycles. The van der Waals surface area contributed by atoms with Gasteiger partial charge in [0.1, 0.15) is 6.33 Å². The van der Waals surface area contributed by atoms with E-state index in [0.29, 0.717) is 19.5 Å². The Labute approximate surface area is 112 Å². The van der Waals surface area contributed by atoms with E-state index in [1.165, 1.54) is 4.90 Å². The minimum atomic E-state index is -0.386. The molecule has 0 bridgehead atoms. The Balaban J connectivity index is 1.80. The van der Waals surface area contributed by atoms with E-state index < -0.39 is 0 Å². The molecule has 7 heteroatoms. The van der Waals surface area contributed by atoms with Gasteiger partial charge in [0.2, 0.25) is 11.8 Å². The first-order chi connectivity index (χ1) is 9.11. The van der Waals surface area contributed by atoms with Crippen LogP contribution >= 0.6 is 0 Å². The minimum Gasteiger partial charge on any atom is -0.305 e. The molecule has 7 nitrogen and oxygen atoms in total. The molecule has 1 aromatic heterocycles. The van der Waals surface area contributed by atoms with Crippen molar-refractivity contribution >= 4 is 11.8 Å². The van der Waals surface area contributed by atoms with Gasteiger partial charge < -0.3 is 5.32 Å². The largest absolute Gasteiger partial charge is 0.305 e. The fourth-order valence-electron chi connectivity index (χ4n) is 2.16. The Morgan fingerprint density at radius 2 is 2.26 bits per heavy atom. The highest BCUT2D eigenvalue weighted by Gasteiger charge is 2.37. The molecule has 1 fully saturated rings. The zero-order chi connectivity index (χ0) is 13.8. The molecule has 1 unspecified atom stereocenters. The Kier molecular flexibility index (Phi) is 4.26. The van der Waals surface area contributed by atoms with E-state index in [4.69, 9.17) is 0 Å². The fourth-order valence-corrected chi connectivity index (χ4v) is 2.16. The number of nitrogens with one attached hydrogen (secondary N) is 1. The van der Waals surface area contributed by atoms with Gasteiger partial charge in [-0.2, -0.15) is 5.10 Å². The maximum atomic E-state index is 12.0. The number of hydrogen-bond donors (Lipinski definition) is 1. The van der Waals surface area contributed by atoms with E-state index >= 15 is 0 Å². The van der Waals surface area contributed by atoms with Gasteiger partial charge in [-0.1, -0.05) is 6.92 Å². The second-order valence-corrected chi connectivity index (χ2v) is 4.68. The van der Waals surface area contributed by atoms with Crippen LogP contribution in [0.2, 0.25) is 0 Å². The van der Waals surface area contributed by atoms with Crippen molar-refractivity contribution in [1.82, 2.24) is 25.0 Å². The van der Waals surface area contributed by atoms with Crippen LogP contribution in [-0.4, -0.2) is 50.6 Å². The van der Waals surface area contributed by atoms with Crippen LogP contribution < -0.4 is 5.32 Å². The first-order valence-electron chi connectivity index (χ1n) is 6.54. The third kappa shape index (κ3) is 3.17. The van der Waals surface area contributed by atoms with E-state index in [9.17, 15) is 9.59 Å². The molecule has 2 heterocycles. The van der Waals surface area contributed by atoms with Crippen LogP contribution in [0.1, 0.15) is 25.6 Å². The summed E-state index contributed by atoms with van der Waals surface area (Å²) in [6, 6.07) is -0.386. The van der Waals surface area contributed by atoms with Crippen LogP contribution in [-0.2, 0) is 23.1 Å². The summed E-state index contributed by atoms with van der Waals surface area (Å²) >= 11 is 0. The minimum absolute atomic E-state index is 0.0830. The van der Waals surface area contributed by atoms with Crippen molar-refractivity contribution in [2.24, 2.45) is 7.05 Å². The lowest BCUT2D eigenvalue weighted by Crippen LogP contribution is -2.39. The van der Waals surface area contributed by atoms with E-state index in [-0.39, 0.29) is 24.3 Å². The quantitative estimate of drug-likeness (QED) is 0.700. The smallest absolute Gasteiger partial charge is 0.246 e. The molecule has 1 aliphatic heterocycles. The van der Waals surface area contributed by atoms with Crippen molar-refractivity contribution in [2.75, 3.05) is 13.1 Å². The van der Waals surface area contributed by atoms with Crippen LogP contribution in [0, 0.1) is 0 Å². The molecule has 19 heavy (non-hydrogen) atoms. The Morgan fingerprint density at radius 1 is 1.47 bits per heavy atom. The van der Waals surface area contributed by atoms with Crippen LogP contribution in [0.5, 0.6) is 0 Å². The number of rotatable bonds is 6. The number of carbonyl (C=O) groups excluding carboxylic acids is 2. The van der Waals surface area contributed by atoms with Gasteiger partial charge in [-0.15, -0.1) is 0 Å². The van der Waals surface area contributed by atoms with Crippen molar-refractivity contribution in [1.29, 1.82) is 0 Å². The summed E-state index contributed by atoms with van der Waals surface area (Å²) in [6.45, 7) is 3.05. The summed E-state index contributed by atoms with van der Waals surface area (Å²) in [4.78, 5) is 29.1. The zero-order valence-electron chi connectivity index (χ0n) is 11.3. The molecular weight excluding hydrogens is 246 g/mol. The van der Waals surface area contributed by atoms with Crippen molar-refractivity contribution in [3.63, 3.8) is 0 Å². The van der Waals surface area contributed by atoms with Crippen molar-refractivity contribution in [2.45, 2.75) is 32.2 Å². The highest BCUT2D eigenvalue weighted by molar-refractivity contribution is 6.05. The summed E-state index contributed by atoms with van der Waals surface area (Å²) < 4.78 is 1.64. The molecule has 1 aromatic rings. The fraction of sp³-hybridized carbons (Fsp3) is 0.667. The second-order valence-electron chi connectivity index (χ2n) is 4.68. The second kappa shape index (κ2) is 5.92. The summed E-state index contributed by atoms with van der Waals surface area (Å²) in [6.07, 6.45) is 3.34. The van der Waals surface area contributed by atoms with E-state index in [1.54, 1.807) is 11.0 Å². The van der Waals surface area contributed by atoms with Crippen LogP contribution in [0.15, 0.2) is 6.33 Å². The van der Waals surface area contributed by atoms with Crippen molar-refractivity contribution in [3.8, 4) is 0 Å². The predicted octanol–water partition coefficient (Wildman–Crippen LogP) is -0.515.